The highest BCUT2D eigenvalue weighted by Crippen LogP contribution is 2.37. The molecular formula is C17H25BrN2O. The standard InChI is InChI=1S/C17H25BrN2O/c1-2-15(12-6-4-3-5-7-12)19-17(21)16-10-13(18)11-20(16)14-8-9-14/h10-12,14-15H,2-9H2,1H3,(H,19,21). The largest absolute Gasteiger partial charge is 0.348 e. The van der Waals surface area contributed by atoms with Gasteiger partial charge in [-0.05, 0) is 60.0 Å². The van der Waals surface area contributed by atoms with Crippen LogP contribution in [0.5, 0.6) is 0 Å². The van der Waals surface area contributed by atoms with Gasteiger partial charge in [0, 0.05) is 22.8 Å². The zero-order valence-corrected chi connectivity index (χ0v) is 14.4. The Balaban J connectivity index is 1.69. The number of aromatic nitrogens is 1. The van der Waals surface area contributed by atoms with Gasteiger partial charge in [0.2, 0.25) is 0 Å². The summed E-state index contributed by atoms with van der Waals surface area (Å²) in [5, 5.41) is 3.31. The molecule has 0 spiro atoms. The highest BCUT2D eigenvalue weighted by molar-refractivity contribution is 9.10. The number of nitrogens with one attached hydrogen (secondary N) is 1. The van der Waals surface area contributed by atoms with E-state index >= 15 is 0 Å². The molecule has 0 saturated heterocycles. The maximum Gasteiger partial charge on any atom is 0.268 e. The van der Waals surface area contributed by atoms with Crippen LogP contribution in [0.25, 0.3) is 0 Å². The van der Waals surface area contributed by atoms with Gasteiger partial charge in [0.25, 0.3) is 5.91 Å². The highest BCUT2D eigenvalue weighted by Gasteiger charge is 2.29. The zero-order valence-electron chi connectivity index (χ0n) is 12.8. The number of carbonyl (C=O) groups is 1. The molecular weight excluding hydrogens is 328 g/mol. The lowest BCUT2D eigenvalue weighted by molar-refractivity contribution is 0.0901. The highest BCUT2D eigenvalue weighted by atomic mass is 79.9. The van der Waals surface area contributed by atoms with Crippen LogP contribution in [0.1, 0.15) is 74.8 Å². The monoisotopic (exact) mass is 352 g/mol. The summed E-state index contributed by atoms with van der Waals surface area (Å²) in [6, 6.07) is 2.83. The average molecular weight is 353 g/mol. The van der Waals surface area contributed by atoms with Crippen LogP contribution in [0.4, 0.5) is 0 Å². The number of hydrogen-bond donors (Lipinski definition) is 1. The number of hydrogen-bond acceptors (Lipinski definition) is 1. The van der Waals surface area contributed by atoms with E-state index in [4.69, 9.17) is 0 Å². The van der Waals surface area contributed by atoms with Crippen molar-refractivity contribution in [1.29, 1.82) is 0 Å². The van der Waals surface area contributed by atoms with Crippen molar-refractivity contribution in [3.05, 3.63) is 22.4 Å². The molecule has 1 aromatic heterocycles. The van der Waals surface area contributed by atoms with E-state index in [9.17, 15) is 4.79 Å². The quantitative estimate of drug-likeness (QED) is 0.820. The second kappa shape index (κ2) is 6.55. The molecule has 0 aromatic carbocycles. The molecule has 2 saturated carbocycles. The van der Waals surface area contributed by atoms with Crippen LogP contribution < -0.4 is 5.32 Å². The average Bonchev–Trinajstić information content (AvgIpc) is 3.28. The smallest absolute Gasteiger partial charge is 0.268 e. The minimum absolute atomic E-state index is 0.102. The summed E-state index contributed by atoms with van der Waals surface area (Å²) in [6.07, 6.45) is 12.0. The lowest BCUT2D eigenvalue weighted by Gasteiger charge is -2.30. The second-order valence-corrected chi connectivity index (χ2v) is 7.48. The van der Waals surface area contributed by atoms with E-state index in [0.717, 1.165) is 16.6 Å². The fourth-order valence-corrected chi connectivity index (χ4v) is 4.05. The van der Waals surface area contributed by atoms with Gasteiger partial charge in [-0.15, -0.1) is 0 Å². The molecule has 2 aliphatic rings. The Morgan fingerprint density at radius 2 is 2.05 bits per heavy atom. The molecule has 3 rings (SSSR count). The Hall–Kier alpha value is -0.770. The van der Waals surface area contributed by atoms with Gasteiger partial charge in [-0.2, -0.15) is 0 Å². The maximum atomic E-state index is 12.7. The van der Waals surface area contributed by atoms with Gasteiger partial charge in [0.05, 0.1) is 0 Å². The summed E-state index contributed by atoms with van der Waals surface area (Å²) in [6.45, 7) is 2.19. The van der Waals surface area contributed by atoms with Crippen molar-refractivity contribution >= 4 is 21.8 Å². The fourth-order valence-electron chi connectivity index (χ4n) is 3.61. The van der Waals surface area contributed by atoms with Crippen LogP contribution in [0, 0.1) is 5.92 Å². The molecule has 2 fully saturated rings. The van der Waals surface area contributed by atoms with Gasteiger partial charge in [-0.25, -0.2) is 0 Å². The minimum Gasteiger partial charge on any atom is -0.348 e. The Kier molecular flexibility index (Phi) is 4.72. The molecule has 21 heavy (non-hydrogen) atoms. The molecule has 1 unspecified atom stereocenters. The van der Waals surface area contributed by atoms with Crippen molar-refractivity contribution in [2.24, 2.45) is 5.92 Å². The Bertz CT molecular complexity index is 501. The third-order valence-electron chi connectivity index (χ3n) is 4.96. The van der Waals surface area contributed by atoms with Crippen LogP contribution in [0.15, 0.2) is 16.7 Å². The Labute approximate surface area is 135 Å². The molecule has 4 heteroatoms. The summed E-state index contributed by atoms with van der Waals surface area (Å²) in [7, 11) is 0. The van der Waals surface area contributed by atoms with Crippen molar-refractivity contribution in [1.82, 2.24) is 9.88 Å². The van der Waals surface area contributed by atoms with E-state index < -0.39 is 0 Å². The van der Waals surface area contributed by atoms with Crippen molar-refractivity contribution in [2.75, 3.05) is 0 Å². The molecule has 1 heterocycles. The number of nitrogens with zero attached hydrogens (tertiary/aromatic N) is 1. The van der Waals surface area contributed by atoms with E-state index in [1.54, 1.807) is 0 Å². The van der Waals surface area contributed by atoms with Crippen LogP contribution in [-0.2, 0) is 0 Å². The topological polar surface area (TPSA) is 34.0 Å². The number of carbonyl (C=O) groups excluding carboxylic acids is 1. The normalized spacial score (nSPS) is 21.2. The van der Waals surface area contributed by atoms with Crippen LogP contribution in [0.3, 0.4) is 0 Å². The van der Waals surface area contributed by atoms with Gasteiger partial charge in [0.1, 0.15) is 5.69 Å². The predicted octanol–water partition coefficient (Wildman–Crippen LogP) is 4.67. The number of halogens is 1. The summed E-state index contributed by atoms with van der Waals surface area (Å²) in [5.41, 5.74) is 0.818. The van der Waals surface area contributed by atoms with E-state index in [2.05, 4.69) is 32.7 Å². The molecule has 116 valence electrons. The fraction of sp³-hybridized carbons (Fsp3) is 0.706. The summed E-state index contributed by atoms with van der Waals surface area (Å²) < 4.78 is 3.15. The van der Waals surface area contributed by atoms with Crippen LogP contribution in [-0.4, -0.2) is 16.5 Å². The van der Waals surface area contributed by atoms with E-state index in [1.807, 2.05) is 12.3 Å². The molecule has 2 aliphatic carbocycles. The van der Waals surface area contributed by atoms with E-state index in [0.29, 0.717) is 18.0 Å². The first-order chi connectivity index (χ1) is 10.2. The first-order valence-electron chi connectivity index (χ1n) is 8.37. The van der Waals surface area contributed by atoms with Gasteiger partial charge >= 0.3 is 0 Å². The first kappa shape index (κ1) is 15.1. The molecule has 1 amide bonds. The molecule has 0 aliphatic heterocycles. The van der Waals surface area contributed by atoms with Crippen LogP contribution >= 0.6 is 15.9 Å². The number of rotatable bonds is 5. The third-order valence-corrected chi connectivity index (χ3v) is 5.40. The lowest BCUT2D eigenvalue weighted by atomic mass is 9.83. The van der Waals surface area contributed by atoms with Crippen molar-refractivity contribution < 1.29 is 4.79 Å². The van der Waals surface area contributed by atoms with Gasteiger partial charge < -0.3 is 9.88 Å². The second-order valence-electron chi connectivity index (χ2n) is 6.57. The molecule has 1 atom stereocenters. The Morgan fingerprint density at radius 3 is 2.67 bits per heavy atom. The summed E-state index contributed by atoms with van der Waals surface area (Å²) >= 11 is 3.51. The molecule has 0 radical (unpaired) electrons. The molecule has 0 bridgehead atoms. The van der Waals surface area contributed by atoms with E-state index in [-0.39, 0.29) is 5.91 Å². The van der Waals surface area contributed by atoms with E-state index in [1.165, 1.54) is 44.9 Å². The summed E-state index contributed by atoms with van der Waals surface area (Å²) in [4.78, 5) is 12.7. The van der Waals surface area contributed by atoms with Gasteiger partial charge in [-0.3, -0.25) is 4.79 Å². The van der Waals surface area contributed by atoms with Gasteiger partial charge in [0.15, 0.2) is 0 Å². The summed E-state index contributed by atoms with van der Waals surface area (Å²) in [5.74, 6) is 0.769. The van der Waals surface area contributed by atoms with Crippen LogP contribution in [0.2, 0.25) is 0 Å². The lowest BCUT2D eigenvalue weighted by Crippen LogP contribution is -2.41. The maximum absolute atomic E-state index is 12.7. The predicted molar refractivity (Wildman–Crippen MR) is 88.5 cm³/mol. The van der Waals surface area contributed by atoms with Crippen molar-refractivity contribution in [2.45, 2.75) is 70.4 Å². The minimum atomic E-state index is 0.102. The van der Waals surface area contributed by atoms with Crippen molar-refractivity contribution in [3.63, 3.8) is 0 Å². The Morgan fingerprint density at radius 1 is 1.33 bits per heavy atom. The first-order valence-corrected chi connectivity index (χ1v) is 9.16. The SMILES string of the molecule is CCC(NC(=O)c1cc(Br)cn1C1CC1)C1CCCCC1. The molecule has 1 N–H and O–H groups in total. The van der Waals surface area contributed by atoms with Gasteiger partial charge in [-0.1, -0.05) is 26.2 Å². The van der Waals surface area contributed by atoms with Crippen molar-refractivity contribution in [3.8, 4) is 0 Å². The molecule has 3 nitrogen and oxygen atoms in total. The molecule has 1 aromatic rings. The number of amides is 1. The third kappa shape index (κ3) is 3.53. The zero-order chi connectivity index (χ0) is 14.8.